The molecule has 0 unspecified atom stereocenters. The summed E-state index contributed by atoms with van der Waals surface area (Å²) in [6, 6.07) is 17.8. The van der Waals surface area contributed by atoms with Crippen molar-refractivity contribution >= 4 is 17.5 Å². The largest absolute Gasteiger partial charge is 0.489 e. The number of rotatable bonds is 10. The zero-order valence-electron chi connectivity index (χ0n) is 15.3. The summed E-state index contributed by atoms with van der Waals surface area (Å²) in [6.07, 6.45) is 2.46. The lowest BCUT2D eigenvalue weighted by Gasteiger charge is -2.09. The molecule has 3 rings (SSSR count). The molecule has 2 N–H and O–H groups in total. The quantitative estimate of drug-likeness (QED) is 0.531. The Morgan fingerprint density at radius 1 is 1.00 bits per heavy atom. The van der Waals surface area contributed by atoms with Crippen LogP contribution in [0.15, 0.2) is 60.8 Å². The Morgan fingerprint density at radius 3 is 2.59 bits per heavy atom. The summed E-state index contributed by atoms with van der Waals surface area (Å²) >= 11 is 0. The van der Waals surface area contributed by atoms with Gasteiger partial charge < -0.3 is 20.1 Å². The lowest BCUT2D eigenvalue weighted by atomic mass is 10.2. The molecule has 0 aliphatic carbocycles. The molecule has 1 aromatic heterocycles. The van der Waals surface area contributed by atoms with Crippen LogP contribution in [-0.2, 0) is 11.3 Å². The average Bonchev–Trinajstić information content (AvgIpc) is 2.72. The fraction of sp³-hybridized carbons (Fsp3) is 0.250. The minimum Gasteiger partial charge on any atom is -0.489 e. The highest BCUT2D eigenvalue weighted by Crippen LogP contribution is 2.20. The number of nitrogens with one attached hydrogen (secondary N) is 2. The van der Waals surface area contributed by atoms with Crippen LogP contribution in [0, 0.1) is 0 Å². The highest BCUT2D eigenvalue weighted by molar-refractivity contribution is 5.57. The van der Waals surface area contributed by atoms with Crippen molar-refractivity contribution in [1.82, 2.24) is 15.2 Å². The molecule has 27 heavy (non-hydrogen) atoms. The Morgan fingerprint density at radius 2 is 1.81 bits per heavy atom. The summed E-state index contributed by atoms with van der Waals surface area (Å²) in [5, 5.41) is 14.3. The van der Waals surface area contributed by atoms with E-state index in [1.165, 1.54) is 0 Å². The van der Waals surface area contributed by atoms with Gasteiger partial charge in [0.1, 0.15) is 12.4 Å². The van der Waals surface area contributed by atoms with E-state index in [4.69, 9.17) is 9.47 Å². The maximum absolute atomic E-state index is 5.79. The summed E-state index contributed by atoms with van der Waals surface area (Å²) in [7, 11) is 1.68. The topological polar surface area (TPSA) is 81.2 Å². The molecule has 0 saturated carbocycles. The van der Waals surface area contributed by atoms with Crippen molar-refractivity contribution in [2.75, 3.05) is 30.9 Å². The smallest absolute Gasteiger partial charge is 0.244 e. The second-order valence-electron chi connectivity index (χ2n) is 5.86. The van der Waals surface area contributed by atoms with Gasteiger partial charge in [0.2, 0.25) is 5.95 Å². The predicted molar refractivity (Wildman–Crippen MR) is 105 cm³/mol. The van der Waals surface area contributed by atoms with E-state index in [-0.39, 0.29) is 0 Å². The minimum atomic E-state index is 0.485. The van der Waals surface area contributed by atoms with Gasteiger partial charge in [-0.05, 0) is 36.2 Å². The second-order valence-corrected chi connectivity index (χ2v) is 5.86. The van der Waals surface area contributed by atoms with Crippen LogP contribution in [-0.4, -0.2) is 35.4 Å². The molecule has 3 aromatic rings. The molecule has 0 saturated heterocycles. The maximum atomic E-state index is 5.79. The first-order valence-electron chi connectivity index (χ1n) is 8.80. The SMILES string of the molecule is COCCCNc1nncc(Nc2ccc(OCc3ccccc3)cc2)n1. The van der Waals surface area contributed by atoms with Crippen LogP contribution >= 0.6 is 0 Å². The Balaban J connectivity index is 1.52. The van der Waals surface area contributed by atoms with Crippen LogP contribution in [0.2, 0.25) is 0 Å². The first-order valence-corrected chi connectivity index (χ1v) is 8.80. The minimum absolute atomic E-state index is 0.485. The van der Waals surface area contributed by atoms with Crippen LogP contribution in [0.25, 0.3) is 0 Å². The van der Waals surface area contributed by atoms with E-state index in [0.29, 0.717) is 25.0 Å². The number of benzene rings is 2. The van der Waals surface area contributed by atoms with Gasteiger partial charge in [-0.3, -0.25) is 0 Å². The Hall–Kier alpha value is -3.19. The predicted octanol–water partition coefficient (Wildman–Crippen LogP) is 3.64. The molecule has 0 bridgehead atoms. The van der Waals surface area contributed by atoms with E-state index in [1.807, 2.05) is 54.6 Å². The van der Waals surface area contributed by atoms with Gasteiger partial charge in [-0.15, -0.1) is 5.10 Å². The number of methoxy groups -OCH3 is 1. The number of nitrogens with zero attached hydrogens (tertiary/aromatic N) is 3. The van der Waals surface area contributed by atoms with E-state index in [9.17, 15) is 0 Å². The summed E-state index contributed by atoms with van der Waals surface area (Å²) < 4.78 is 10.8. The van der Waals surface area contributed by atoms with Crippen molar-refractivity contribution < 1.29 is 9.47 Å². The number of anilines is 3. The summed E-state index contributed by atoms with van der Waals surface area (Å²) in [5.41, 5.74) is 2.03. The molecular weight excluding hydrogens is 342 g/mol. The number of hydrogen-bond donors (Lipinski definition) is 2. The third kappa shape index (κ3) is 6.23. The molecule has 0 aliphatic heterocycles. The molecule has 140 valence electrons. The highest BCUT2D eigenvalue weighted by Gasteiger charge is 2.02. The number of ether oxygens (including phenoxy) is 2. The van der Waals surface area contributed by atoms with Gasteiger partial charge in [0.05, 0.1) is 6.20 Å². The van der Waals surface area contributed by atoms with Gasteiger partial charge in [-0.1, -0.05) is 30.3 Å². The lowest BCUT2D eigenvalue weighted by Crippen LogP contribution is -2.09. The maximum Gasteiger partial charge on any atom is 0.244 e. The zero-order valence-corrected chi connectivity index (χ0v) is 15.3. The van der Waals surface area contributed by atoms with Crippen LogP contribution in [0.4, 0.5) is 17.5 Å². The Labute approximate surface area is 158 Å². The van der Waals surface area contributed by atoms with E-state index in [0.717, 1.165) is 30.0 Å². The molecule has 2 aromatic carbocycles. The molecule has 0 amide bonds. The number of hydrogen-bond acceptors (Lipinski definition) is 7. The van der Waals surface area contributed by atoms with Crippen molar-refractivity contribution in [3.63, 3.8) is 0 Å². The van der Waals surface area contributed by atoms with Crippen molar-refractivity contribution in [1.29, 1.82) is 0 Å². The standard InChI is InChI=1S/C20H23N5O2/c1-26-13-5-12-21-20-24-19(14-22-25-20)23-17-8-10-18(11-9-17)27-15-16-6-3-2-4-7-16/h2-4,6-11,14H,5,12-13,15H2,1H3,(H2,21,23,24,25). The van der Waals surface area contributed by atoms with E-state index in [2.05, 4.69) is 25.8 Å². The van der Waals surface area contributed by atoms with Crippen molar-refractivity contribution in [2.45, 2.75) is 13.0 Å². The molecule has 0 spiro atoms. The van der Waals surface area contributed by atoms with Gasteiger partial charge in [-0.25, -0.2) is 0 Å². The molecule has 0 radical (unpaired) electrons. The lowest BCUT2D eigenvalue weighted by molar-refractivity contribution is 0.197. The van der Waals surface area contributed by atoms with Crippen molar-refractivity contribution in [2.24, 2.45) is 0 Å². The normalized spacial score (nSPS) is 10.4. The summed E-state index contributed by atoms with van der Waals surface area (Å²) in [5.74, 6) is 1.92. The van der Waals surface area contributed by atoms with Crippen LogP contribution in [0.5, 0.6) is 5.75 Å². The third-order valence-electron chi connectivity index (χ3n) is 3.74. The number of aromatic nitrogens is 3. The fourth-order valence-electron chi connectivity index (χ4n) is 2.38. The van der Waals surface area contributed by atoms with Gasteiger partial charge in [0.25, 0.3) is 0 Å². The second kappa shape index (κ2) is 10.1. The molecule has 7 heteroatoms. The summed E-state index contributed by atoms with van der Waals surface area (Å²) in [6.45, 7) is 1.96. The Bertz CT molecular complexity index is 812. The first kappa shape index (κ1) is 18.6. The monoisotopic (exact) mass is 365 g/mol. The molecule has 1 heterocycles. The molecule has 7 nitrogen and oxygen atoms in total. The van der Waals surface area contributed by atoms with Crippen LogP contribution in [0.1, 0.15) is 12.0 Å². The molecular formula is C20H23N5O2. The van der Waals surface area contributed by atoms with Crippen LogP contribution in [0.3, 0.4) is 0 Å². The van der Waals surface area contributed by atoms with Gasteiger partial charge in [-0.2, -0.15) is 10.1 Å². The van der Waals surface area contributed by atoms with Gasteiger partial charge in [0.15, 0.2) is 5.82 Å². The molecule has 0 fully saturated rings. The van der Waals surface area contributed by atoms with Crippen molar-refractivity contribution in [3.05, 3.63) is 66.4 Å². The van der Waals surface area contributed by atoms with E-state index < -0.39 is 0 Å². The molecule has 0 atom stereocenters. The van der Waals surface area contributed by atoms with Crippen molar-refractivity contribution in [3.8, 4) is 5.75 Å². The highest BCUT2D eigenvalue weighted by atomic mass is 16.5. The fourth-order valence-corrected chi connectivity index (χ4v) is 2.38. The Kier molecular flexibility index (Phi) is 6.94. The van der Waals surface area contributed by atoms with E-state index in [1.54, 1.807) is 13.3 Å². The third-order valence-corrected chi connectivity index (χ3v) is 3.74. The first-order chi connectivity index (χ1) is 13.3. The van der Waals surface area contributed by atoms with E-state index >= 15 is 0 Å². The zero-order chi connectivity index (χ0) is 18.7. The average molecular weight is 365 g/mol. The van der Waals surface area contributed by atoms with Crippen LogP contribution < -0.4 is 15.4 Å². The van der Waals surface area contributed by atoms with Gasteiger partial charge in [0, 0.05) is 25.9 Å². The molecule has 0 aliphatic rings. The van der Waals surface area contributed by atoms with Gasteiger partial charge >= 0.3 is 0 Å². The summed E-state index contributed by atoms with van der Waals surface area (Å²) in [4.78, 5) is 4.40.